The summed E-state index contributed by atoms with van der Waals surface area (Å²) in [6.07, 6.45) is 1.17. The highest BCUT2D eigenvalue weighted by atomic mass is 35.6. The fraction of sp³-hybridized carbons (Fsp3) is 0.750. The van der Waals surface area contributed by atoms with Gasteiger partial charge in [0.1, 0.15) is 0 Å². The highest BCUT2D eigenvalue weighted by Crippen LogP contribution is 2.30. The number of amides is 1. The van der Waals surface area contributed by atoms with Gasteiger partial charge >= 0.3 is 5.97 Å². The van der Waals surface area contributed by atoms with Crippen molar-refractivity contribution in [1.82, 2.24) is 4.90 Å². The van der Waals surface area contributed by atoms with Crippen LogP contribution in [0.2, 0.25) is 0 Å². The summed E-state index contributed by atoms with van der Waals surface area (Å²) in [7, 11) is 0. The molecule has 0 spiro atoms. The number of rotatable bonds is 1. The number of carbonyl (C=O) groups excluding carboxylic acids is 1. The van der Waals surface area contributed by atoms with Crippen molar-refractivity contribution >= 4 is 46.7 Å². The molecule has 86 valence electrons. The van der Waals surface area contributed by atoms with Crippen molar-refractivity contribution in [3.05, 3.63) is 0 Å². The van der Waals surface area contributed by atoms with E-state index in [9.17, 15) is 9.59 Å². The van der Waals surface area contributed by atoms with Crippen molar-refractivity contribution in [2.45, 2.75) is 16.6 Å². The topological polar surface area (TPSA) is 57.6 Å². The molecule has 1 atom stereocenters. The molecule has 1 heterocycles. The molecule has 0 aromatic carbocycles. The third kappa shape index (κ3) is 3.40. The molecule has 4 nitrogen and oxygen atoms in total. The van der Waals surface area contributed by atoms with Crippen molar-refractivity contribution in [2.75, 3.05) is 13.1 Å². The molecule has 0 radical (unpaired) electrons. The highest BCUT2D eigenvalue weighted by Gasteiger charge is 2.38. The molecule has 1 aliphatic rings. The maximum atomic E-state index is 11.5. The minimum absolute atomic E-state index is 0.113. The van der Waals surface area contributed by atoms with Crippen LogP contribution in [0.5, 0.6) is 0 Å². The molecule has 0 bridgehead atoms. The van der Waals surface area contributed by atoms with E-state index in [-0.39, 0.29) is 6.54 Å². The largest absolute Gasteiger partial charge is 0.481 e. The van der Waals surface area contributed by atoms with E-state index in [0.717, 1.165) is 0 Å². The summed E-state index contributed by atoms with van der Waals surface area (Å²) in [5.41, 5.74) is 0. The van der Waals surface area contributed by atoms with E-state index < -0.39 is 21.6 Å². The number of nitrogens with zero attached hydrogens (tertiary/aromatic N) is 1. The zero-order valence-electron chi connectivity index (χ0n) is 7.75. The molecule has 1 aliphatic heterocycles. The highest BCUT2D eigenvalue weighted by molar-refractivity contribution is 6.76. The van der Waals surface area contributed by atoms with Crippen LogP contribution in [0.3, 0.4) is 0 Å². The third-order valence-corrected chi connectivity index (χ3v) is 2.79. The molecular weight excluding hydrogens is 264 g/mol. The lowest BCUT2D eigenvalue weighted by Gasteiger charge is -2.32. The van der Waals surface area contributed by atoms with Crippen LogP contribution in [0.15, 0.2) is 0 Å². The van der Waals surface area contributed by atoms with Crippen LogP contribution in [-0.2, 0) is 9.59 Å². The Bertz CT molecular complexity index is 277. The number of aliphatic carboxylic acids is 1. The van der Waals surface area contributed by atoms with Gasteiger partial charge < -0.3 is 10.0 Å². The second-order valence-corrected chi connectivity index (χ2v) is 5.71. The average molecular weight is 275 g/mol. The van der Waals surface area contributed by atoms with Gasteiger partial charge in [0, 0.05) is 13.1 Å². The number of carboxylic acid groups (broad SMARTS) is 1. The van der Waals surface area contributed by atoms with Crippen molar-refractivity contribution in [3.63, 3.8) is 0 Å². The Balaban J connectivity index is 2.64. The minimum Gasteiger partial charge on any atom is -0.481 e. The second kappa shape index (κ2) is 4.76. The van der Waals surface area contributed by atoms with Gasteiger partial charge in [-0.05, 0) is 12.8 Å². The first-order valence-electron chi connectivity index (χ1n) is 4.41. The number of carbonyl (C=O) groups is 2. The van der Waals surface area contributed by atoms with E-state index in [1.165, 1.54) is 4.90 Å². The Kier molecular flexibility index (Phi) is 4.09. The third-order valence-electron chi connectivity index (χ3n) is 2.30. The molecule has 0 unspecified atom stereocenters. The lowest BCUT2D eigenvalue weighted by Crippen LogP contribution is -2.46. The Hall–Kier alpha value is -0.190. The van der Waals surface area contributed by atoms with Crippen LogP contribution >= 0.6 is 34.8 Å². The first kappa shape index (κ1) is 12.9. The average Bonchev–Trinajstić information content (AvgIpc) is 2.15. The van der Waals surface area contributed by atoms with E-state index in [0.29, 0.717) is 19.4 Å². The number of hydrogen-bond acceptors (Lipinski definition) is 2. The maximum Gasteiger partial charge on any atom is 0.308 e. The van der Waals surface area contributed by atoms with Gasteiger partial charge in [-0.2, -0.15) is 0 Å². The van der Waals surface area contributed by atoms with Gasteiger partial charge in [0.2, 0.25) is 0 Å². The predicted octanol–water partition coefficient (Wildman–Crippen LogP) is 1.68. The summed E-state index contributed by atoms with van der Waals surface area (Å²) in [6, 6.07) is 0. The molecule has 1 fully saturated rings. The lowest BCUT2D eigenvalue weighted by atomic mass is 9.98. The van der Waals surface area contributed by atoms with Crippen LogP contribution in [0.25, 0.3) is 0 Å². The van der Waals surface area contributed by atoms with Crippen LogP contribution in [0.4, 0.5) is 0 Å². The first-order valence-corrected chi connectivity index (χ1v) is 5.54. The molecule has 0 saturated carbocycles. The first-order chi connectivity index (χ1) is 6.82. The number of alkyl halides is 3. The van der Waals surface area contributed by atoms with Gasteiger partial charge in [0.25, 0.3) is 9.70 Å². The second-order valence-electron chi connectivity index (χ2n) is 3.43. The minimum atomic E-state index is -2.00. The zero-order valence-corrected chi connectivity index (χ0v) is 10.0. The quantitative estimate of drug-likeness (QED) is 0.740. The Morgan fingerprint density at radius 1 is 1.33 bits per heavy atom. The van der Waals surface area contributed by atoms with Gasteiger partial charge in [0.15, 0.2) is 0 Å². The van der Waals surface area contributed by atoms with E-state index in [2.05, 4.69) is 0 Å². The number of likely N-dealkylation sites (tertiary alicyclic amines) is 1. The lowest BCUT2D eigenvalue weighted by molar-refractivity contribution is -0.145. The van der Waals surface area contributed by atoms with E-state index in [1.54, 1.807) is 0 Å². The van der Waals surface area contributed by atoms with Crippen LogP contribution in [0, 0.1) is 5.92 Å². The van der Waals surface area contributed by atoms with E-state index in [1.807, 2.05) is 0 Å². The van der Waals surface area contributed by atoms with Crippen molar-refractivity contribution < 1.29 is 14.7 Å². The summed E-state index contributed by atoms with van der Waals surface area (Å²) in [4.78, 5) is 23.5. The normalized spacial score (nSPS) is 22.6. The Morgan fingerprint density at radius 2 is 1.93 bits per heavy atom. The Labute approximate surface area is 102 Å². The molecular formula is C8H10Cl3NO3. The summed E-state index contributed by atoms with van der Waals surface area (Å²) in [5, 5.41) is 8.80. The molecule has 1 rings (SSSR count). The van der Waals surface area contributed by atoms with Gasteiger partial charge in [0.05, 0.1) is 5.92 Å². The van der Waals surface area contributed by atoms with Crippen LogP contribution in [-0.4, -0.2) is 38.8 Å². The van der Waals surface area contributed by atoms with Gasteiger partial charge in [-0.3, -0.25) is 9.59 Å². The zero-order chi connectivity index (χ0) is 11.6. The molecule has 1 amide bonds. The fourth-order valence-corrected chi connectivity index (χ4v) is 1.90. The standard InChI is InChI=1S/C8H10Cl3NO3/c9-8(10,11)7(15)12-3-1-2-5(4-12)6(13)14/h5H,1-4H2,(H,13,14)/t5-/m1/s1. The van der Waals surface area contributed by atoms with E-state index in [4.69, 9.17) is 39.9 Å². The number of halogens is 3. The molecule has 1 saturated heterocycles. The SMILES string of the molecule is O=C(O)[C@@H]1CCCN(C(=O)C(Cl)(Cl)Cl)C1. The molecule has 0 aromatic rings. The molecule has 15 heavy (non-hydrogen) atoms. The van der Waals surface area contributed by atoms with Gasteiger partial charge in [-0.15, -0.1) is 0 Å². The monoisotopic (exact) mass is 273 g/mol. The number of carboxylic acids is 1. The number of piperidine rings is 1. The van der Waals surface area contributed by atoms with Gasteiger partial charge in [-0.25, -0.2) is 0 Å². The van der Waals surface area contributed by atoms with Gasteiger partial charge in [-0.1, -0.05) is 34.8 Å². The predicted molar refractivity (Wildman–Crippen MR) is 57.2 cm³/mol. The molecule has 1 N–H and O–H groups in total. The molecule has 0 aliphatic carbocycles. The van der Waals surface area contributed by atoms with Crippen molar-refractivity contribution in [2.24, 2.45) is 5.92 Å². The number of hydrogen-bond donors (Lipinski definition) is 1. The Morgan fingerprint density at radius 3 is 2.40 bits per heavy atom. The fourth-order valence-electron chi connectivity index (χ4n) is 1.54. The summed E-state index contributed by atoms with van der Waals surface area (Å²) < 4.78 is -2.00. The molecule has 7 heteroatoms. The summed E-state index contributed by atoms with van der Waals surface area (Å²) >= 11 is 16.3. The van der Waals surface area contributed by atoms with E-state index >= 15 is 0 Å². The van der Waals surface area contributed by atoms with Crippen LogP contribution < -0.4 is 0 Å². The maximum absolute atomic E-state index is 11.5. The van der Waals surface area contributed by atoms with Crippen LogP contribution in [0.1, 0.15) is 12.8 Å². The van der Waals surface area contributed by atoms with Crippen molar-refractivity contribution in [1.29, 1.82) is 0 Å². The summed E-state index contributed by atoms with van der Waals surface area (Å²) in [6.45, 7) is 0.554. The smallest absolute Gasteiger partial charge is 0.308 e. The molecule has 0 aromatic heterocycles. The van der Waals surface area contributed by atoms with Crippen molar-refractivity contribution in [3.8, 4) is 0 Å². The summed E-state index contributed by atoms with van der Waals surface area (Å²) in [5.74, 6) is -2.13.